The van der Waals surface area contributed by atoms with E-state index in [1.165, 1.54) is 0 Å². The van der Waals surface area contributed by atoms with Crippen LogP contribution in [0.3, 0.4) is 0 Å². The van der Waals surface area contributed by atoms with Gasteiger partial charge in [-0.15, -0.1) is 0 Å². The Morgan fingerprint density at radius 1 is 1.14 bits per heavy atom. The summed E-state index contributed by atoms with van der Waals surface area (Å²) < 4.78 is 7.29. The van der Waals surface area contributed by atoms with Crippen LogP contribution < -0.4 is 9.64 Å². The van der Waals surface area contributed by atoms with Crippen LogP contribution in [0.15, 0.2) is 42.6 Å². The number of imidazole rings is 1. The number of nitrogens with zero attached hydrogens (tertiary/aromatic N) is 4. The van der Waals surface area contributed by atoms with Crippen LogP contribution in [0.2, 0.25) is 5.02 Å². The van der Waals surface area contributed by atoms with Gasteiger partial charge in [0.1, 0.15) is 17.1 Å². The molecule has 1 amide bonds. The molecule has 0 saturated carbocycles. The van der Waals surface area contributed by atoms with Crippen LogP contribution in [0, 0.1) is 0 Å². The van der Waals surface area contributed by atoms with Crippen LogP contribution in [0.1, 0.15) is 23.1 Å². The predicted molar refractivity (Wildman–Crippen MR) is 111 cm³/mol. The van der Waals surface area contributed by atoms with E-state index in [2.05, 4.69) is 16.0 Å². The topological polar surface area (TPSA) is 50.1 Å². The summed E-state index contributed by atoms with van der Waals surface area (Å²) in [6.07, 6.45) is 2.46. The number of anilines is 1. The lowest BCUT2D eigenvalue weighted by Crippen LogP contribution is -2.49. The lowest BCUT2D eigenvalue weighted by molar-refractivity contribution is 0.0738. The van der Waals surface area contributed by atoms with E-state index in [1.807, 2.05) is 40.5 Å². The average molecular weight is 399 g/mol. The molecule has 6 nitrogen and oxygen atoms in total. The molecule has 4 rings (SSSR count). The van der Waals surface area contributed by atoms with Gasteiger partial charge in [0.05, 0.1) is 23.5 Å². The molecule has 0 radical (unpaired) electrons. The number of methoxy groups -OCH3 is 1. The Labute approximate surface area is 169 Å². The number of ether oxygens (including phenoxy) is 1. The van der Waals surface area contributed by atoms with E-state index in [0.29, 0.717) is 30.2 Å². The molecule has 1 saturated heterocycles. The van der Waals surface area contributed by atoms with Gasteiger partial charge in [-0.2, -0.15) is 0 Å². The molecule has 1 aliphatic rings. The molecule has 3 aromatic rings. The Kier molecular flexibility index (Phi) is 5.13. The number of halogens is 1. The Hall–Kier alpha value is -2.73. The van der Waals surface area contributed by atoms with Crippen molar-refractivity contribution in [1.82, 2.24) is 14.3 Å². The van der Waals surface area contributed by atoms with Crippen LogP contribution in [-0.2, 0) is 6.42 Å². The number of hydrogen-bond acceptors (Lipinski definition) is 4. The number of carbonyl (C=O) groups excluding carboxylic acids is 1. The van der Waals surface area contributed by atoms with E-state index in [0.717, 1.165) is 35.9 Å². The van der Waals surface area contributed by atoms with Gasteiger partial charge in [0.15, 0.2) is 0 Å². The molecule has 146 valence electrons. The number of amides is 1. The minimum Gasteiger partial charge on any atom is -0.495 e. The van der Waals surface area contributed by atoms with Gasteiger partial charge in [0.25, 0.3) is 5.91 Å². The molecule has 0 spiro atoms. The van der Waals surface area contributed by atoms with Crippen molar-refractivity contribution < 1.29 is 9.53 Å². The monoisotopic (exact) mass is 398 g/mol. The largest absolute Gasteiger partial charge is 0.495 e. The highest BCUT2D eigenvalue weighted by molar-refractivity contribution is 6.30. The Balaban J connectivity index is 1.56. The van der Waals surface area contributed by atoms with Gasteiger partial charge in [-0.3, -0.25) is 9.20 Å². The van der Waals surface area contributed by atoms with Crippen molar-refractivity contribution in [3.8, 4) is 5.75 Å². The Morgan fingerprint density at radius 2 is 1.89 bits per heavy atom. The second kappa shape index (κ2) is 7.72. The number of piperazine rings is 1. The first-order valence-electron chi connectivity index (χ1n) is 9.46. The van der Waals surface area contributed by atoms with Crippen LogP contribution >= 0.6 is 11.6 Å². The number of aromatic nitrogens is 2. The number of hydrogen-bond donors (Lipinski definition) is 0. The van der Waals surface area contributed by atoms with Gasteiger partial charge in [0, 0.05) is 32.4 Å². The average Bonchev–Trinajstić information content (AvgIpc) is 3.11. The van der Waals surface area contributed by atoms with Gasteiger partial charge in [0.2, 0.25) is 0 Å². The SMILES string of the molecule is CCc1nc2ccc(Cl)cn2c1C(=O)N1CCN(c2ccccc2OC)CC1. The summed E-state index contributed by atoms with van der Waals surface area (Å²) in [5.41, 5.74) is 3.23. The first-order valence-corrected chi connectivity index (χ1v) is 9.84. The van der Waals surface area contributed by atoms with Crippen molar-refractivity contribution in [3.05, 3.63) is 59.0 Å². The molecule has 0 atom stereocenters. The molecule has 2 aromatic heterocycles. The molecule has 0 unspecified atom stereocenters. The maximum Gasteiger partial charge on any atom is 0.272 e. The van der Waals surface area contributed by atoms with Gasteiger partial charge in [-0.1, -0.05) is 30.7 Å². The smallest absolute Gasteiger partial charge is 0.272 e. The van der Waals surface area contributed by atoms with Gasteiger partial charge in [-0.05, 0) is 30.7 Å². The van der Waals surface area contributed by atoms with E-state index in [9.17, 15) is 4.79 Å². The number of fused-ring (bicyclic) bond motifs is 1. The fraction of sp³-hybridized carbons (Fsp3) is 0.333. The molecular formula is C21H23ClN4O2. The molecule has 1 aliphatic heterocycles. The van der Waals surface area contributed by atoms with E-state index < -0.39 is 0 Å². The van der Waals surface area contributed by atoms with Crippen LogP contribution in [-0.4, -0.2) is 53.5 Å². The Morgan fingerprint density at radius 3 is 2.61 bits per heavy atom. The van der Waals surface area contributed by atoms with Crippen LogP contribution in [0.5, 0.6) is 5.75 Å². The number of para-hydroxylation sites is 2. The molecule has 0 N–H and O–H groups in total. The van der Waals surface area contributed by atoms with E-state index in [1.54, 1.807) is 19.4 Å². The minimum atomic E-state index is 0.00583. The third-order valence-corrected chi connectivity index (χ3v) is 5.41. The summed E-state index contributed by atoms with van der Waals surface area (Å²) in [5, 5.41) is 0.586. The van der Waals surface area contributed by atoms with E-state index >= 15 is 0 Å². The molecule has 0 bridgehead atoms. The zero-order valence-corrected chi connectivity index (χ0v) is 16.8. The summed E-state index contributed by atoms with van der Waals surface area (Å²) in [4.78, 5) is 22.1. The van der Waals surface area contributed by atoms with E-state index in [-0.39, 0.29) is 5.91 Å². The number of carbonyl (C=O) groups is 1. The second-order valence-electron chi connectivity index (χ2n) is 6.79. The number of benzene rings is 1. The summed E-state index contributed by atoms with van der Waals surface area (Å²) in [6.45, 7) is 4.82. The molecule has 7 heteroatoms. The molecule has 28 heavy (non-hydrogen) atoms. The molecule has 1 aromatic carbocycles. The molecule has 0 aliphatic carbocycles. The number of pyridine rings is 1. The van der Waals surface area contributed by atoms with Crippen molar-refractivity contribution in [2.75, 3.05) is 38.2 Å². The lowest BCUT2D eigenvalue weighted by atomic mass is 10.2. The third-order valence-electron chi connectivity index (χ3n) is 5.18. The third kappa shape index (κ3) is 3.29. The number of aryl methyl sites for hydroxylation is 1. The van der Waals surface area contributed by atoms with Gasteiger partial charge < -0.3 is 14.5 Å². The van der Waals surface area contributed by atoms with E-state index in [4.69, 9.17) is 16.3 Å². The standard InChI is InChI=1S/C21H23ClN4O2/c1-3-16-20(26-14-15(22)8-9-19(26)23-16)21(27)25-12-10-24(11-13-25)17-6-4-5-7-18(17)28-2/h4-9,14H,3,10-13H2,1-2H3. The number of rotatable bonds is 4. The normalized spacial score (nSPS) is 14.5. The fourth-order valence-corrected chi connectivity index (χ4v) is 3.89. The summed E-state index contributed by atoms with van der Waals surface area (Å²) in [5.74, 6) is 0.860. The first kappa shape index (κ1) is 18.6. The minimum absolute atomic E-state index is 0.00583. The van der Waals surface area contributed by atoms with Crippen molar-refractivity contribution in [2.24, 2.45) is 0 Å². The summed E-state index contributed by atoms with van der Waals surface area (Å²) in [6, 6.07) is 11.6. The highest BCUT2D eigenvalue weighted by atomic mass is 35.5. The van der Waals surface area contributed by atoms with Gasteiger partial charge >= 0.3 is 0 Å². The lowest BCUT2D eigenvalue weighted by Gasteiger charge is -2.36. The highest BCUT2D eigenvalue weighted by Crippen LogP contribution is 2.29. The first-order chi connectivity index (χ1) is 13.6. The zero-order chi connectivity index (χ0) is 19.7. The molecule has 1 fully saturated rings. The highest BCUT2D eigenvalue weighted by Gasteiger charge is 2.27. The van der Waals surface area contributed by atoms with Crippen molar-refractivity contribution in [1.29, 1.82) is 0 Å². The van der Waals surface area contributed by atoms with Crippen molar-refractivity contribution in [3.63, 3.8) is 0 Å². The van der Waals surface area contributed by atoms with Crippen LogP contribution in [0.4, 0.5) is 5.69 Å². The predicted octanol–water partition coefficient (Wildman–Crippen LogP) is 3.52. The maximum atomic E-state index is 13.3. The zero-order valence-electron chi connectivity index (χ0n) is 16.1. The van der Waals surface area contributed by atoms with Crippen LogP contribution in [0.25, 0.3) is 5.65 Å². The summed E-state index contributed by atoms with van der Waals surface area (Å²) >= 11 is 6.16. The Bertz CT molecular complexity index is 1010. The van der Waals surface area contributed by atoms with Crippen molar-refractivity contribution in [2.45, 2.75) is 13.3 Å². The second-order valence-corrected chi connectivity index (χ2v) is 7.22. The molecular weight excluding hydrogens is 376 g/mol. The molecule has 3 heterocycles. The van der Waals surface area contributed by atoms with Crippen molar-refractivity contribution >= 4 is 28.8 Å². The quantitative estimate of drug-likeness (QED) is 0.674. The fourth-order valence-electron chi connectivity index (χ4n) is 3.73. The van der Waals surface area contributed by atoms with Gasteiger partial charge in [-0.25, -0.2) is 4.98 Å². The summed E-state index contributed by atoms with van der Waals surface area (Å²) in [7, 11) is 1.68. The maximum absolute atomic E-state index is 13.3.